The minimum absolute atomic E-state index is 0.00526. The van der Waals surface area contributed by atoms with E-state index in [4.69, 9.17) is 11.6 Å². The number of hydrogen-bond acceptors (Lipinski definition) is 6. The fourth-order valence-corrected chi connectivity index (χ4v) is 2.28. The molecule has 116 valence electrons. The first-order valence-corrected chi connectivity index (χ1v) is 7.09. The molecule has 0 saturated carbocycles. The Morgan fingerprint density at radius 1 is 1.64 bits per heavy atom. The quantitative estimate of drug-likeness (QED) is 0.492. The Morgan fingerprint density at radius 2 is 2.41 bits per heavy atom. The van der Waals surface area contributed by atoms with Crippen molar-refractivity contribution in [2.24, 2.45) is 5.10 Å². The summed E-state index contributed by atoms with van der Waals surface area (Å²) in [4.78, 5) is 22.0. The van der Waals surface area contributed by atoms with Gasteiger partial charge >= 0.3 is 5.82 Å². The number of hydrogen-bond donors (Lipinski definition) is 1. The Kier molecular flexibility index (Phi) is 5.17. The van der Waals surface area contributed by atoms with E-state index < -0.39 is 16.6 Å². The van der Waals surface area contributed by atoms with Crippen LogP contribution < -0.4 is 5.43 Å². The molecule has 2 aromatic rings. The van der Waals surface area contributed by atoms with Crippen LogP contribution >= 0.6 is 22.9 Å². The van der Waals surface area contributed by atoms with Gasteiger partial charge in [-0.1, -0.05) is 11.6 Å². The predicted molar refractivity (Wildman–Crippen MR) is 78.5 cm³/mol. The Balaban J connectivity index is 1.81. The molecule has 0 aliphatic rings. The summed E-state index contributed by atoms with van der Waals surface area (Å²) < 4.78 is 13.9. The number of carbonyl (C=O) groups is 1. The van der Waals surface area contributed by atoms with E-state index in [9.17, 15) is 19.3 Å². The van der Waals surface area contributed by atoms with Crippen LogP contribution in [-0.2, 0) is 11.3 Å². The molecular formula is C11H9ClFN5O3S. The highest BCUT2D eigenvalue weighted by atomic mass is 35.5. The van der Waals surface area contributed by atoms with Crippen LogP contribution in [0.25, 0.3) is 0 Å². The second-order valence-electron chi connectivity index (χ2n) is 4.01. The summed E-state index contributed by atoms with van der Waals surface area (Å²) in [6.45, 7) is 0.114. The van der Waals surface area contributed by atoms with Gasteiger partial charge in [-0.15, -0.1) is 11.3 Å². The normalized spacial score (nSPS) is 11.0. The van der Waals surface area contributed by atoms with E-state index in [2.05, 4.69) is 15.6 Å². The number of rotatable bonds is 6. The van der Waals surface area contributed by atoms with Crippen molar-refractivity contribution in [3.63, 3.8) is 0 Å². The summed E-state index contributed by atoms with van der Waals surface area (Å²) in [5.41, 5.74) is 2.26. The first-order valence-electron chi connectivity index (χ1n) is 5.90. The first-order chi connectivity index (χ1) is 10.5. The Morgan fingerprint density at radius 3 is 3.00 bits per heavy atom. The van der Waals surface area contributed by atoms with Crippen LogP contribution in [0.3, 0.4) is 0 Å². The first kappa shape index (κ1) is 16.0. The standard InChI is InChI=1S/C11H9ClFN5O3S/c12-8-6-17(16-11(8)18(20)21)4-3-10(19)15-14-5-7-1-2-9(13)22-7/h1-2,5-6H,3-4H2,(H,15,19). The molecule has 0 aromatic carbocycles. The van der Waals surface area contributed by atoms with Crippen LogP contribution in [0.5, 0.6) is 0 Å². The van der Waals surface area contributed by atoms with Crippen LogP contribution in [0.2, 0.25) is 5.02 Å². The second-order valence-corrected chi connectivity index (χ2v) is 5.48. The summed E-state index contributed by atoms with van der Waals surface area (Å²) >= 11 is 6.53. The van der Waals surface area contributed by atoms with E-state index in [0.29, 0.717) is 4.88 Å². The Hall–Kier alpha value is -2.33. The van der Waals surface area contributed by atoms with Crippen LogP contribution in [-0.4, -0.2) is 26.8 Å². The number of hydrazone groups is 1. The minimum atomic E-state index is -0.705. The zero-order valence-electron chi connectivity index (χ0n) is 10.9. The number of halogens is 2. The molecule has 1 N–H and O–H groups in total. The molecule has 2 rings (SSSR count). The fraction of sp³-hybridized carbons (Fsp3) is 0.182. The predicted octanol–water partition coefficient (Wildman–Crippen LogP) is 2.19. The van der Waals surface area contributed by atoms with Crippen molar-refractivity contribution in [1.82, 2.24) is 15.2 Å². The molecule has 0 aliphatic carbocycles. The van der Waals surface area contributed by atoms with Gasteiger partial charge in [-0.05, 0) is 17.1 Å². The van der Waals surface area contributed by atoms with Gasteiger partial charge in [-0.2, -0.15) is 14.2 Å². The highest BCUT2D eigenvalue weighted by molar-refractivity contribution is 7.12. The number of aromatic nitrogens is 2. The van der Waals surface area contributed by atoms with E-state index in [1.54, 1.807) is 0 Å². The SMILES string of the molecule is O=C(CCn1cc(Cl)c([N+](=O)[O-])n1)NN=Cc1ccc(F)s1. The van der Waals surface area contributed by atoms with Crippen LogP contribution in [0.15, 0.2) is 23.4 Å². The van der Waals surface area contributed by atoms with Gasteiger partial charge in [-0.3, -0.25) is 4.79 Å². The molecule has 8 nitrogen and oxygen atoms in total. The van der Waals surface area contributed by atoms with Gasteiger partial charge in [0.2, 0.25) is 5.91 Å². The van der Waals surface area contributed by atoms with Crippen LogP contribution in [0.1, 0.15) is 11.3 Å². The maximum atomic E-state index is 12.7. The van der Waals surface area contributed by atoms with Crippen molar-refractivity contribution in [1.29, 1.82) is 0 Å². The van der Waals surface area contributed by atoms with Crippen molar-refractivity contribution in [2.45, 2.75) is 13.0 Å². The lowest BCUT2D eigenvalue weighted by Gasteiger charge is -1.97. The van der Waals surface area contributed by atoms with Crippen LogP contribution in [0.4, 0.5) is 10.2 Å². The second kappa shape index (κ2) is 7.09. The topological polar surface area (TPSA) is 102 Å². The minimum Gasteiger partial charge on any atom is -0.358 e. The number of amides is 1. The monoisotopic (exact) mass is 345 g/mol. The number of nitrogens with zero attached hydrogens (tertiary/aromatic N) is 4. The maximum Gasteiger partial charge on any atom is 0.408 e. The zero-order valence-corrected chi connectivity index (χ0v) is 12.5. The van der Waals surface area contributed by atoms with Gasteiger partial charge in [0.05, 0.1) is 28.9 Å². The van der Waals surface area contributed by atoms with Crippen molar-refractivity contribution < 1.29 is 14.1 Å². The number of carbonyl (C=O) groups excluding carboxylic acids is 1. The van der Waals surface area contributed by atoms with Crippen molar-refractivity contribution in [3.05, 3.63) is 43.5 Å². The van der Waals surface area contributed by atoms with Gasteiger partial charge in [0.15, 0.2) is 10.2 Å². The number of nitro groups is 1. The van der Waals surface area contributed by atoms with Crippen LogP contribution in [0, 0.1) is 15.2 Å². The molecule has 11 heteroatoms. The van der Waals surface area contributed by atoms with Crippen molar-refractivity contribution >= 4 is 40.9 Å². The third-order valence-electron chi connectivity index (χ3n) is 2.42. The highest BCUT2D eigenvalue weighted by Gasteiger charge is 2.19. The number of nitrogens with one attached hydrogen (secondary N) is 1. The van der Waals surface area contributed by atoms with E-state index in [1.807, 2.05) is 0 Å². The third kappa shape index (κ3) is 4.33. The molecule has 1 amide bonds. The molecular weight excluding hydrogens is 337 g/mol. The molecule has 2 heterocycles. The maximum absolute atomic E-state index is 12.7. The number of aryl methyl sites for hydroxylation is 1. The van der Waals surface area contributed by atoms with E-state index in [-0.39, 0.29) is 23.1 Å². The molecule has 22 heavy (non-hydrogen) atoms. The largest absolute Gasteiger partial charge is 0.408 e. The number of thiophene rings is 1. The molecule has 0 saturated heterocycles. The highest BCUT2D eigenvalue weighted by Crippen LogP contribution is 2.21. The zero-order chi connectivity index (χ0) is 16.1. The van der Waals surface area contributed by atoms with Gasteiger partial charge in [0, 0.05) is 6.42 Å². The summed E-state index contributed by atoms with van der Waals surface area (Å²) in [7, 11) is 0. The van der Waals surface area contributed by atoms with E-state index >= 15 is 0 Å². The Labute approximate surface area is 132 Å². The summed E-state index contributed by atoms with van der Waals surface area (Å²) in [6.07, 6.45) is 2.59. The molecule has 0 bridgehead atoms. The summed E-state index contributed by atoms with van der Waals surface area (Å²) in [5.74, 6) is -0.873. The van der Waals surface area contributed by atoms with Crippen molar-refractivity contribution in [2.75, 3.05) is 0 Å². The molecule has 0 fully saturated rings. The lowest BCUT2D eigenvalue weighted by atomic mass is 10.4. The summed E-state index contributed by atoms with van der Waals surface area (Å²) in [6, 6.07) is 2.82. The fourth-order valence-electron chi connectivity index (χ4n) is 1.46. The average molecular weight is 346 g/mol. The molecule has 0 atom stereocenters. The Bertz CT molecular complexity index is 729. The van der Waals surface area contributed by atoms with Gasteiger partial charge < -0.3 is 10.1 Å². The van der Waals surface area contributed by atoms with Gasteiger partial charge in [0.1, 0.15) is 0 Å². The van der Waals surface area contributed by atoms with E-state index in [0.717, 1.165) is 11.3 Å². The lowest BCUT2D eigenvalue weighted by Crippen LogP contribution is -2.19. The van der Waals surface area contributed by atoms with E-state index in [1.165, 1.54) is 29.2 Å². The smallest absolute Gasteiger partial charge is 0.358 e. The third-order valence-corrected chi connectivity index (χ3v) is 3.49. The molecule has 0 radical (unpaired) electrons. The van der Waals surface area contributed by atoms with Crippen molar-refractivity contribution in [3.8, 4) is 0 Å². The molecule has 0 spiro atoms. The molecule has 0 unspecified atom stereocenters. The lowest BCUT2D eigenvalue weighted by molar-refractivity contribution is -0.389. The average Bonchev–Trinajstić information content (AvgIpc) is 3.02. The molecule has 2 aromatic heterocycles. The van der Waals surface area contributed by atoms with Gasteiger partial charge in [0.25, 0.3) is 0 Å². The molecule has 0 aliphatic heterocycles. The van der Waals surface area contributed by atoms with Gasteiger partial charge in [-0.25, -0.2) is 5.43 Å². The summed E-state index contributed by atoms with van der Waals surface area (Å²) in [5, 5.41) is 17.4.